The van der Waals surface area contributed by atoms with Gasteiger partial charge < -0.3 is 5.11 Å². The van der Waals surface area contributed by atoms with Crippen LogP contribution in [0.3, 0.4) is 0 Å². The molecule has 0 aliphatic carbocycles. The average molecular weight is 236 g/mol. The molecular formula is C9H7F3O2S. The van der Waals surface area contributed by atoms with Gasteiger partial charge in [0.2, 0.25) is 0 Å². The monoisotopic (exact) mass is 236 g/mol. The van der Waals surface area contributed by atoms with Crippen molar-refractivity contribution in [2.24, 2.45) is 0 Å². The third-order valence-electron chi connectivity index (χ3n) is 1.76. The van der Waals surface area contributed by atoms with Crippen molar-refractivity contribution in [3.63, 3.8) is 0 Å². The lowest BCUT2D eigenvalue weighted by Gasteiger charge is -2.09. The van der Waals surface area contributed by atoms with E-state index in [1.165, 1.54) is 0 Å². The van der Waals surface area contributed by atoms with Gasteiger partial charge in [-0.2, -0.15) is 13.2 Å². The zero-order chi connectivity index (χ0) is 11.6. The zero-order valence-electron chi connectivity index (χ0n) is 7.63. The number of benzene rings is 1. The minimum absolute atomic E-state index is 0.315. The number of hydrogen-bond donors (Lipinski definition) is 1. The fourth-order valence-electron chi connectivity index (χ4n) is 1.05. The van der Waals surface area contributed by atoms with Crippen molar-refractivity contribution in [1.29, 1.82) is 0 Å². The molecule has 0 heterocycles. The zero-order valence-corrected chi connectivity index (χ0v) is 8.45. The first-order chi connectivity index (χ1) is 6.86. The molecule has 0 unspecified atom stereocenters. The summed E-state index contributed by atoms with van der Waals surface area (Å²) in [6.07, 6.45) is -2.91. The summed E-state index contributed by atoms with van der Waals surface area (Å²) in [6.45, 7) is 0. The highest BCUT2D eigenvalue weighted by Crippen LogP contribution is 2.32. The number of carboxylic acids is 1. The molecule has 1 aromatic carbocycles. The highest BCUT2D eigenvalue weighted by atomic mass is 32.2. The number of carboxylic acid groups (broad SMARTS) is 1. The topological polar surface area (TPSA) is 37.3 Å². The summed E-state index contributed by atoms with van der Waals surface area (Å²) >= 11 is 1.09. The van der Waals surface area contributed by atoms with Gasteiger partial charge in [-0.3, -0.25) is 0 Å². The number of thioether (sulfide) groups is 1. The summed E-state index contributed by atoms with van der Waals surface area (Å²) in [5.41, 5.74) is -1.27. The Kier molecular flexibility index (Phi) is 3.28. The number of aromatic carboxylic acids is 1. The van der Waals surface area contributed by atoms with Crippen molar-refractivity contribution in [2.45, 2.75) is 11.1 Å². The van der Waals surface area contributed by atoms with E-state index in [-0.39, 0.29) is 5.56 Å². The van der Waals surface area contributed by atoms with Gasteiger partial charge in [-0.05, 0) is 24.5 Å². The molecule has 0 saturated carbocycles. The summed E-state index contributed by atoms with van der Waals surface area (Å²) in [4.78, 5) is 11.0. The van der Waals surface area contributed by atoms with Crippen molar-refractivity contribution < 1.29 is 23.1 Å². The first-order valence-electron chi connectivity index (χ1n) is 3.85. The van der Waals surface area contributed by atoms with Crippen LogP contribution in [0.5, 0.6) is 0 Å². The first kappa shape index (κ1) is 11.9. The highest BCUT2D eigenvalue weighted by Gasteiger charge is 2.31. The van der Waals surface area contributed by atoms with Crippen LogP contribution in [-0.2, 0) is 6.18 Å². The van der Waals surface area contributed by atoms with Crippen LogP contribution >= 0.6 is 11.8 Å². The molecule has 0 fully saturated rings. The Labute approximate surface area is 88.1 Å². The maximum Gasteiger partial charge on any atom is 0.416 e. The largest absolute Gasteiger partial charge is 0.478 e. The quantitative estimate of drug-likeness (QED) is 0.801. The molecule has 0 amide bonds. The van der Waals surface area contributed by atoms with E-state index in [1.807, 2.05) is 0 Å². The Balaban J connectivity index is 3.28. The van der Waals surface area contributed by atoms with Crippen LogP contribution in [0.25, 0.3) is 0 Å². The molecule has 15 heavy (non-hydrogen) atoms. The van der Waals surface area contributed by atoms with Crippen LogP contribution in [0.15, 0.2) is 23.1 Å². The Hall–Kier alpha value is -1.17. The lowest BCUT2D eigenvalue weighted by Crippen LogP contribution is -2.08. The van der Waals surface area contributed by atoms with E-state index in [0.29, 0.717) is 11.0 Å². The molecule has 0 aliphatic heterocycles. The van der Waals surface area contributed by atoms with E-state index in [1.54, 1.807) is 6.26 Å². The molecule has 1 rings (SSSR count). The van der Waals surface area contributed by atoms with Crippen LogP contribution in [0.1, 0.15) is 15.9 Å². The van der Waals surface area contributed by atoms with E-state index in [9.17, 15) is 18.0 Å². The molecule has 2 nitrogen and oxygen atoms in total. The van der Waals surface area contributed by atoms with E-state index >= 15 is 0 Å². The van der Waals surface area contributed by atoms with Gasteiger partial charge >= 0.3 is 12.1 Å². The number of alkyl halides is 3. The number of halogens is 3. The molecule has 0 radical (unpaired) electrons. The van der Waals surface area contributed by atoms with Crippen LogP contribution in [0, 0.1) is 0 Å². The maximum absolute atomic E-state index is 12.3. The molecule has 0 aromatic heterocycles. The molecule has 0 atom stereocenters. The smallest absolute Gasteiger partial charge is 0.416 e. The van der Waals surface area contributed by atoms with Gasteiger partial charge in [0.1, 0.15) is 0 Å². The minimum Gasteiger partial charge on any atom is -0.478 e. The predicted molar refractivity (Wildman–Crippen MR) is 50.2 cm³/mol. The molecule has 82 valence electrons. The first-order valence-corrected chi connectivity index (χ1v) is 5.07. The summed E-state index contributed by atoms with van der Waals surface area (Å²) in [6, 6.07) is 2.68. The van der Waals surface area contributed by atoms with Crippen molar-refractivity contribution in [3.8, 4) is 0 Å². The van der Waals surface area contributed by atoms with Gasteiger partial charge in [0, 0.05) is 4.90 Å². The Morgan fingerprint density at radius 1 is 1.40 bits per heavy atom. The van der Waals surface area contributed by atoms with Gasteiger partial charge in [0.25, 0.3) is 0 Å². The third kappa shape index (κ3) is 2.65. The van der Waals surface area contributed by atoms with Crippen molar-refractivity contribution in [1.82, 2.24) is 0 Å². The number of carbonyl (C=O) groups is 1. The van der Waals surface area contributed by atoms with Crippen LogP contribution in [0.2, 0.25) is 0 Å². The van der Waals surface area contributed by atoms with Gasteiger partial charge in [-0.1, -0.05) is 0 Å². The second-order valence-corrected chi connectivity index (χ2v) is 3.57. The molecule has 1 aromatic rings. The second kappa shape index (κ2) is 4.14. The lowest BCUT2D eigenvalue weighted by atomic mass is 10.1. The lowest BCUT2D eigenvalue weighted by molar-refractivity contribution is -0.137. The molecule has 6 heteroatoms. The summed E-state index contributed by atoms with van der Waals surface area (Å²) in [7, 11) is 0. The molecule has 0 spiro atoms. The van der Waals surface area contributed by atoms with Gasteiger partial charge in [0.15, 0.2) is 0 Å². The van der Waals surface area contributed by atoms with E-state index in [0.717, 1.165) is 23.9 Å². The Morgan fingerprint density at radius 2 is 2.00 bits per heavy atom. The van der Waals surface area contributed by atoms with Crippen LogP contribution in [0.4, 0.5) is 13.2 Å². The minimum atomic E-state index is -4.51. The van der Waals surface area contributed by atoms with Crippen molar-refractivity contribution in [2.75, 3.05) is 6.26 Å². The van der Waals surface area contributed by atoms with Crippen LogP contribution < -0.4 is 0 Å². The normalized spacial score (nSPS) is 11.5. The summed E-state index contributed by atoms with van der Waals surface area (Å²) in [5.74, 6) is -1.36. The van der Waals surface area contributed by atoms with Gasteiger partial charge in [0.05, 0.1) is 11.1 Å². The van der Waals surface area contributed by atoms with E-state index in [4.69, 9.17) is 5.11 Å². The molecular weight excluding hydrogens is 229 g/mol. The average Bonchev–Trinajstić information content (AvgIpc) is 2.15. The summed E-state index contributed by atoms with van der Waals surface area (Å²) < 4.78 is 36.8. The van der Waals surface area contributed by atoms with Gasteiger partial charge in [-0.15, -0.1) is 11.8 Å². The molecule has 1 N–H and O–H groups in total. The second-order valence-electron chi connectivity index (χ2n) is 2.72. The molecule has 0 aliphatic rings. The molecule has 0 saturated heterocycles. The van der Waals surface area contributed by atoms with Gasteiger partial charge in [-0.25, -0.2) is 4.79 Å². The van der Waals surface area contributed by atoms with Crippen LogP contribution in [-0.4, -0.2) is 17.3 Å². The van der Waals surface area contributed by atoms with E-state index in [2.05, 4.69) is 0 Å². The SMILES string of the molecule is CSc1ccc(C(F)(F)F)cc1C(=O)O. The Morgan fingerprint density at radius 3 is 2.40 bits per heavy atom. The fourth-order valence-corrected chi connectivity index (χ4v) is 1.62. The maximum atomic E-state index is 12.3. The van der Waals surface area contributed by atoms with E-state index < -0.39 is 17.7 Å². The highest BCUT2D eigenvalue weighted by molar-refractivity contribution is 7.98. The summed E-state index contributed by atoms with van der Waals surface area (Å²) in [5, 5.41) is 8.71. The number of hydrogen-bond acceptors (Lipinski definition) is 2. The number of rotatable bonds is 2. The third-order valence-corrected chi connectivity index (χ3v) is 2.55. The predicted octanol–water partition coefficient (Wildman–Crippen LogP) is 3.13. The fraction of sp³-hybridized carbons (Fsp3) is 0.222. The molecule has 0 bridgehead atoms. The van der Waals surface area contributed by atoms with Crippen molar-refractivity contribution in [3.05, 3.63) is 29.3 Å². The van der Waals surface area contributed by atoms with Crippen molar-refractivity contribution >= 4 is 17.7 Å². The standard InChI is InChI=1S/C9H7F3O2S/c1-15-7-3-2-5(9(10,11)12)4-6(7)8(13)14/h2-4H,1H3,(H,13,14). The Bertz CT molecular complexity index is 387.